The molecule has 1 aliphatic heterocycles. The third-order valence-corrected chi connectivity index (χ3v) is 4.60. The lowest BCUT2D eigenvalue weighted by Gasteiger charge is -2.26. The van der Waals surface area contributed by atoms with Crippen LogP contribution in [0.5, 0.6) is 0 Å². The molecule has 26 heavy (non-hydrogen) atoms. The molecule has 0 spiro atoms. The molecule has 1 aliphatic rings. The second-order valence-corrected chi connectivity index (χ2v) is 6.69. The van der Waals surface area contributed by atoms with Crippen LogP contribution in [0.2, 0.25) is 5.02 Å². The Bertz CT molecular complexity index is 771. The van der Waals surface area contributed by atoms with Crippen LogP contribution < -0.4 is 0 Å². The van der Waals surface area contributed by atoms with Crippen molar-refractivity contribution in [2.24, 2.45) is 0 Å². The average Bonchev–Trinajstić information content (AvgIpc) is 3.15. The van der Waals surface area contributed by atoms with Crippen LogP contribution in [0, 0.1) is 10.1 Å². The summed E-state index contributed by atoms with van der Waals surface area (Å²) in [5.74, 6) is -0.176. The van der Waals surface area contributed by atoms with E-state index < -0.39 is 4.92 Å². The number of carbonyl (C=O) groups excluding carboxylic acids is 1. The van der Waals surface area contributed by atoms with Gasteiger partial charge in [-0.15, -0.1) is 0 Å². The second kappa shape index (κ2) is 8.29. The van der Waals surface area contributed by atoms with E-state index in [0.29, 0.717) is 30.3 Å². The first-order chi connectivity index (χ1) is 12.5. The summed E-state index contributed by atoms with van der Waals surface area (Å²) in [6.07, 6.45) is 1.93. The minimum Gasteiger partial charge on any atom is -0.376 e. The molecule has 2 aromatic rings. The molecule has 1 heterocycles. The van der Waals surface area contributed by atoms with E-state index in [1.807, 2.05) is 12.1 Å². The van der Waals surface area contributed by atoms with Gasteiger partial charge in [0.2, 0.25) is 0 Å². The topological polar surface area (TPSA) is 72.7 Å². The lowest BCUT2D eigenvalue weighted by molar-refractivity contribution is -0.384. The highest BCUT2D eigenvalue weighted by Crippen LogP contribution is 2.19. The highest BCUT2D eigenvalue weighted by Gasteiger charge is 2.24. The van der Waals surface area contributed by atoms with Crippen molar-refractivity contribution in [2.75, 3.05) is 13.2 Å². The maximum absolute atomic E-state index is 13.0. The molecule has 6 nitrogen and oxygen atoms in total. The third kappa shape index (κ3) is 4.59. The van der Waals surface area contributed by atoms with Gasteiger partial charge in [-0.2, -0.15) is 0 Å². The van der Waals surface area contributed by atoms with Gasteiger partial charge in [0.1, 0.15) is 0 Å². The normalized spacial score (nSPS) is 16.4. The molecule has 3 rings (SSSR count). The van der Waals surface area contributed by atoms with E-state index in [4.69, 9.17) is 16.3 Å². The first-order valence-corrected chi connectivity index (χ1v) is 8.80. The van der Waals surface area contributed by atoms with Crippen LogP contribution >= 0.6 is 11.6 Å². The molecule has 136 valence electrons. The van der Waals surface area contributed by atoms with Crippen molar-refractivity contribution in [1.82, 2.24) is 4.90 Å². The van der Waals surface area contributed by atoms with E-state index in [0.717, 1.165) is 18.4 Å². The van der Waals surface area contributed by atoms with Crippen LogP contribution in [0.3, 0.4) is 0 Å². The maximum atomic E-state index is 13.0. The first kappa shape index (κ1) is 18.4. The number of nitrogens with zero attached hydrogens (tertiary/aromatic N) is 2. The Morgan fingerprint density at radius 1 is 1.19 bits per heavy atom. The highest BCUT2D eigenvalue weighted by molar-refractivity contribution is 6.30. The van der Waals surface area contributed by atoms with Crippen LogP contribution in [0.15, 0.2) is 48.5 Å². The van der Waals surface area contributed by atoms with E-state index in [2.05, 4.69) is 0 Å². The molecule has 1 fully saturated rings. The number of halogens is 1. The molecule has 0 N–H and O–H groups in total. The number of non-ortho nitro benzene ring substituents is 1. The molecule has 0 aromatic heterocycles. The number of ether oxygens (including phenoxy) is 1. The molecule has 1 atom stereocenters. The summed E-state index contributed by atoms with van der Waals surface area (Å²) in [4.78, 5) is 25.0. The molecule has 7 heteroatoms. The van der Waals surface area contributed by atoms with Crippen molar-refractivity contribution < 1.29 is 14.5 Å². The zero-order valence-electron chi connectivity index (χ0n) is 14.1. The van der Waals surface area contributed by atoms with Crippen molar-refractivity contribution in [3.05, 3.63) is 74.8 Å². The van der Waals surface area contributed by atoms with Crippen LogP contribution in [0.4, 0.5) is 5.69 Å². The zero-order valence-corrected chi connectivity index (χ0v) is 14.9. The largest absolute Gasteiger partial charge is 0.376 e. The molecule has 0 aliphatic carbocycles. The number of rotatable bonds is 6. The van der Waals surface area contributed by atoms with Crippen LogP contribution in [0.25, 0.3) is 0 Å². The van der Waals surface area contributed by atoms with Crippen molar-refractivity contribution in [3.8, 4) is 0 Å². The van der Waals surface area contributed by atoms with Gasteiger partial charge >= 0.3 is 0 Å². The van der Waals surface area contributed by atoms with Crippen LogP contribution in [0.1, 0.15) is 28.8 Å². The average molecular weight is 375 g/mol. The fraction of sp³-hybridized carbons (Fsp3) is 0.316. The van der Waals surface area contributed by atoms with E-state index in [9.17, 15) is 14.9 Å². The molecule has 0 saturated carbocycles. The van der Waals surface area contributed by atoms with Crippen molar-refractivity contribution in [3.63, 3.8) is 0 Å². The SMILES string of the molecule is O=C(c1ccc([N+](=O)[O-])cc1)N(Cc1ccc(Cl)cc1)CC1CCCO1. The summed E-state index contributed by atoms with van der Waals surface area (Å²) < 4.78 is 5.67. The predicted molar refractivity (Wildman–Crippen MR) is 98.3 cm³/mol. The third-order valence-electron chi connectivity index (χ3n) is 4.35. The minimum atomic E-state index is -0.480. The summed E-state index contributed by atoms with van der Waals surface area (Å²) in [7, 11) is 0. The predicted octanol–water partition coefficient (Wildman–Crippen LogP) is 4.07. The Morgan fingerprint density at radius 2 is 1.88 bits per heavy atom. The summed E-state index contributed by atoms with van der Waals surface area (Å²) in [6.45, 7) is 1.62. The monoisotopic (exact) mass is 374 g/mol. The van der Waals surface area contributed by atoms with Crippen molar-refractivity contribution >= 4 is 23.2 Å². The Hall–Kier alpha value is -2.44. The molecular formula is C19H19ClN2O4. The quantitative estimate of drug-likeness (QED) is 0.564. The van der Waals surface area contributed by atoms with Gasteiger partial charge in [0.25, 0.3) is 11.6 Å². The van der Waals surface area contributed by atoms with Gasteiger partial charge in [0.15, 0.2) is 0 Å². The Kier molecular flexibility index (Phi) is 5.85. The van der Waals surface area contributed by atoms with E-state index in [-0.39, 0.29) is 17.7 Å². The Balaban J connectivity index is 1.79. The smallest absolute Gasteiger partial charge is 0.269 e. The molecule has 1 amide bonds. The Morgan fingerprint density at radius 3 is 2.46 bits per heavy atom. The van der Waals surface area contributed by atoms with Gasteiger partial charge in [-0.1, -0.05) is 23.7 Å². The maximum Gasteiger partial charge on any atom is 0.269 e. The van der Waals surface area contributed by atoms with Crippen LogP contribution in [-0.2, 0) is 11.3 Å². The van der Waals surface area contributed by atoms with Crippen molar-refractivity contribution in [1.29, 1.82) is 0 Å². The van der Waals surface area contributed by atoms with Crippen molar-refractivity contribution in [2.45, 2.75) is 25.5 Å². The van der Waals surface area contributed by atoms with Gasteiger partial charge < -0.3 is 9.64 Å². The number of nitro benzene ring substituents is 1. The second-order valence-electron chi connectivity index (χ2n) is 6.25. The van der Waals surface area contributed by atoms with Gasteiger partial charge in [0.05, 0.1) is 11.0 Å². The van der Waals surface area contributed by atoms with Gasteiger partial charge in [-0.3, -0.25) is 14.9 Å². The van der Waals surface area contributed by atoms with Crippen LogP contribution in [-0.4, -0.2) is 35.0 Å². The number of benzene rings is 2. The van der Waals surface area contributed by atoms with E-state index in [1.165, 1.54) is 24.3 Å². The summed E-state index contributed by atoms with van der Waals surface area (Å²) in [6, 6.07) is 13.0. The van der Waals surface area contributed by atoms with E-state index >= 15 is 0 Å². The molecule has 2 aromatic carbocycles. The van der Waals surface area contributed by atoms with E-state index in [1.54, 1.807) is 17.0 Å². The lowest BCUT2D eigenvalue weighted by Crippen LogP contribution is -2.37. The molecule has 1 saturated heterocycles. The number of hydrogen-bond acceptors (Lipinski definition) is 4. The summed E-state index contributed by atoms with van der Waals surface area (Å²) in [5.41, 5.74) is 1.34. The zero-order chi connectivity index (χ0) is 18.5. The molecule has 0 bridgehead atoms. The van der Waals surface area contributed by atoms with Gasteiger partial charge in [-0.05, 0) is 42.7 Å². The highest BCUT2D eigenvalue weighted by atomic mass is 35.5. The first-order valence-electron chi connectivity index (χ1n) is 8.43. The van der Waals surface area contributed by atoms with Gasteiger partial charge in [0, 0.05) is 42.4 Å². The summed E-state index contributed by atoms with van der Waals surface area (Å²) in [5, 5.41) is 11.4. The minimum absolute atomic E-state index is 0.0179. The molecule has 1 unspecified atom stereocenters. The number of nitro groups is 1. The molecule has 0 radical (unpaired) electrons. The Labute approximate surface area is 156 Å². The standard InChI is InChI=1S/C19H19ClN2O4/c20-16-7-3-14(4-8-16)12-21(13-18-2-1-11-26-18)19(23)15-5-9-17(10-6-15)22(24)25/h3-10,18H,1-2,11-13H2. The molecular weight excluding hydrogens is 356 g/mol. The lowest BCUT2D eigenvalue weighted by atomic mass is 10.1. The number of carbonyl (C=O) groups is 1. The fourth-order valence-corrected chi connectivity index (χ4v) is 3.10. The van der Waals surface area contributed by atoms with Gasteiger partial charge in [-0.25, -0.2) is 0 Å². The summed E-state index contributed by atoms with van der Waals surface area (Å²) >= 11 is 5.93. The number of hydrogen-bond donors (Lipinski definition) is 0. The number of amides is 1. The fourth-order valence-electron chi connectivity index (χ4n) is 2.97.